The van der Waals surface area contributed by atoms with Gasteiger partial charge >= 0.3 is 0 Å². The van der Waals surface area contributed by atoms with Gasteiger partial charge in [-0.2, -0.15) is 4.98 Å². The van der Waals surface area contributed by atoms with Crippen molar-refractivity contribution in [3.8, 4) is 0 Å². The Morgan fingerprint density at radius 2 is 2.20 bits per heavy atom. The van der Waals surface area contributed by atoms with Gasteiger partial charge in [-0.3, -0.25) is 4.90 Å². The first kappa shape index (κ1) is 12.1. The van der Waals surface area contributed by atoms with E-state index in [1.165, 1.54) is 6.33 Å². The normalized spacial score (nSPS) is 11.5. The van der Waals surface area contributed by atoms with E-state index in [2.05, 4.69) is 28.9 Å². The molecule has 5 nitrogen and oxygen atoms in total. The van der Waals surface area contributed by atoms with E-state index in [1.54, 1.807) is 0 Å². The highest BCUT2D eigenvalue weighted by atomic mass is 16.5. The molecule has 1 heterocycles. The summed E-state index contributed by atoms with van der Waals surface area (Å²) in [5.74, 6) is 0.607. The maximum atomic E-state index is 9.00. The Hall–Kier alpha value is -0.940. The van der Waals surface area contributed by atoms with Crippen molar-refractivity contribution in [2.75, 3.05) is 13.2 Å². The van der Waals surface area contributed by atoms with Crippen molar-refractivity contribution < 1.29 is 9.63 Å². The zero-order chi connectivity index (χ0) is 11.1. The van der Waals surface area contributed by atoms with Crippen molar-refractivity contribution in [2.24, 2.45) is 0 Å². The van der Waals surface area contributed by atoms with Gasteiger partial charge in [-0.1, -0.05) is 19.0 Å². The third-order valence-corrected chi connectivity index (χ3v) is 2.59. The zero-order valence-corrected chi connectivity index (χ0v) is 9.39. The molecule has 1 aromatic rings. The van der Waals surface area contributed by atoms with Crippen LogP contribution in [0.4, 0.5) is 0 Å². The average molecular weight is 213 g/mol. The summed E-state index contributed by atoms with van der Waals surface area (Å²) in [5.41, 5.74) is 0. The van der Waals surface area contributed by atoms with E-state index in [9.17, 15) is 0 Å². The predicted molar refractivity (Wildman–Crippen MR) is 56.2 cm³/mol. The number of nitrogens with zero attached hydrogens (tertiary/aromatic N) is 3. The lowest BCUT2D eigenvalue weighted by Gasteiger charge is -2.28. The van der Waals surface area contributed by atoms with Gasteiger partial charge in [-0.25, -0.2) is 0 Å². The SMILES string of the molecule is CCC(CC)N(CCO)Cc1ncno1. The molecule has 0 atom stereocenters. The standard InChI is InChI=1S/C10H19N3O2/c1-3-9(4-2)13(5-6-14)7-10-11-8-12-15-10/h8-9,14H,3-7H2,1-2H3. The Bertz CT molecular complexity index is 247. The van der Waals surface area contributed by atoms with Crippen LogP contribution in [0, 0.1) is 0 Å². The Balaban J connectivity index is 2.56. The summed E-state index contributed by atoms with van der Waals surface area (Å²) in [6.45, 7) is 5.71. The highest BCUT2D eigenvalue weighted by molar-refractivity contribution is 4.78. The summed E-state index contributed by atoms with van der Waals surface area (Å²) in [6, 6.07) is 0.462. The monoisotopic (exact) mass is 213 g/mol. The number of aromatic nitrogens is 2. The summed E-state index contributed by atoms with van der Waals surface area (Å²) in [5, 5.41) is 12.6. The highest BCUT2D eigenvalue weighted by Crippen LogP contribution is 2.11. The Labute approximate surface area is 90.1 Å². The fourth-order valence-electron chi connectivity index (χ4n) is 1.76. The number of aliphatic hydroxyl groups is 1. The molecule has 1 rings (SSSR count). The molecule has 0 aliphatic heterocycles. The zero-order valence-electron chi connectivity index (χ0n) is 9.39. The van der Waals surface area contributed by atoms with Gasteiger partial charge in [0.15, 0.2) is 6.33 Å². The van der Waals surface area contributed by atoms with Crippen molar-refractivity contribution in [1.29, 1.82) is 0 Å². The molecule has 86 valence electrons. The summed E-state index contributed by atoms with van der Waals surface area (Å²) in [7, 11) is 0. The molecule has 0 spiro atoms. The average Bonchev–Trinajstić information content (AvgIpc) is 2.72. The minimum Gasteiger partial charge on any atom is -0.395 e. The lowest BCUT2D eigenvalue weighted by Crippen LogP contribution is -2.36. The summed E-state index contributed by atoms with van der Waals surface area (Å²) < 4.78 is 4.97. The van der Waals surface area contributed by atoms with Gasteiger partial charge in [-0.05, 0) is 12.8 Å². The van der Waals surface area contributed by atoms with Crippen molar-refractivity contribution in [2.45, 2.75) is 39.3 Å². The summed E-state index contributed by atoms with van der Waals surface area (Å²) in [6.07, 6.45) is 3.52. The van der Waals surface area contributed by atoms with Gasteiger partial charge in [0.2, 0.25) is 5.89 Å². The number of hydrogen-bond donors (Lipinski definition) is 1. The van der Waals surface area contributed by atoms with Gasteiger partial charge in [0.05, 0.1) is 13.2 Å². The quantitative estimate of drug-likeness (QED) is 0.733. The molecule has 0 aliphatic carbocycles. The summed E-state index contributed by atoms with van der Waals surface area (Å²) in [4.78, 5) is 6.16. The van der Waals surface area contributed by atoms with E-state index in [0.29, 0.717) is 25.0 Å². The van der Waals surface area contributed by atoms with E-state index in [4.69, 9.17) is 9.63 Å². The van der Waals surface area contributed by atoms with Crippen LogP contribution >= 0.6 is 0 Å². The second kappa shape index (κ2) is 6.53. The first-order chi connectivity index (χ1) is 7.31. The molecule has 0 unspecified atom stereocenters. The topological polar surface area (TPSA) is 62.4 Å². The Morgan fingerprint density at radius 3 is 2.67 bits per heavy atom. The van der Waals surface area contributed by atoms with Crippen LogP contribution in [0.3, 0.4) is 0 Å². The number of aliphatic hydroxyl groups excluding tert-OH is 1. The molecular weight excluding hydrogens is 194 g/mol. The molecule has 0 fully saturated rings. The number of rotatable bonds is 7. The lowest BCUT2D eigenvalue weighted by atomic mass is 10.1. The van der Waals surface area contributed by atoms with E-state index < -0.39 is 0 Å². The van der Waals surface area contributed by atoms with Crippen molar-refractivity contribution in [3.63, 3.8) is 0 Å². The van der Waals surface area contributed by atoms with Crippen LogP contribution in [0.5, 0.6) is 0 Å². The fraction of sp³-hybridized carbons (Fsp3) is 0.800. The second-order valence-corrected chi connectivity index (χ2v) is 3.50. The van der Waals surface area contributed by atoms with Gasteiger partial charge in [0, 0.05) is 12.6 Å². The minimum atomic E-state index is 0.157. The van der Waals surface area contributed by atoms with Crippen molar-refractivity contribution >= 4 is 0 Å². The first-order valence-corrected chi connectivity index (χ1v) is 5.42. The number of hydrogen-bond acceptors (Lipinski definition) is 5. The van der Waals surface area contributed by atoms with Crippen LogP contribution in [0.25, 0.3) is 0 Å². The van der Waals surface area contributed by atoms with Gasteiger partial charge in [-0.15, -0.1) is 0 Å². The van der Waals surface area contributed by atoms with Crippen LogP contribution in [0.1, 0.15) is 32.6 Å². The van der Waals surface area contributed by atoms with Crippen LogP contribution in [0.2, 0.25) is 0 Å². The first-order valence-electron chi connectivity index (χ1n) is 5.42. The molecule has 15 heavy (non-hydrogen) atoms. The van der Waals surface area contributed by atoms with E-state index in [-0.39, 0.29) is 6.61 Å². The Morgan fingerprint density at radius 1 is 1.47 bits per heavy atom. The highest BCUT2D eigenvalue weighted by Gasteiger charge is 2.16. The molecule has 0 amide bonds. The molecule has 0 bridgehead atoms. The van der Waals surface area contributed by atoms with Gasteiger partial charge in [0.1, 0.15) is 0 Å². The molecule has 0 saturated heterocycles. The summed E-state index contributed by atoms with van der Waals surface area (Å²) >= 11 is 0. The van der Waals surface area contributed by atoms with E-state index in [1.807, 2.05) is 0 Å². The van der Waals surface area contributed by atoms with Crippen LogP contribution < -0.4 is 0 Å². The van der Waals surface area contributed by atoms with E-state index in [0.717, 1.165) is 12.8 Å². The largest absolute Gasteiger partial charge is 0.395 e. The maximum absolute atomic E-state index is 9.00. The van der Waals surface area contributed by atoms with Gasteiger partial charge < -0.3 is 9.63 Å². The minimum absolute atomic E-state index is 0.157. The smallest absolute Gasteiger partial charge is 0.240 e. The molecule has 0 radical (unpaired) electrons. The maximum Gasteiger partial charge on any atom is 0.240 e. The molecular formula is C10H19N3O2. The molecule has 1 N–H and O–H groups in total. The molecule has 5 heteroatoms. The second-order valence-electron chi connectivity index (χ2n) is 3.50. The van der Waals surface area contributed by atoms with Crippen molar-refractivity contribution in [1.82, 2.24) is 15.0 Å². The predicted octanol–water partition coefficient (Wildman–Crippen LogP) is 1.05. The van der Waals surface area contributed by atoms with Crippen molar-refractivity contribution in [3.05, 3.63) is 12.2 Å². The van der Waals surface area contributed by atoms with Crippen LogP contribution in [-0.2, 0) is 6.54 Å². The third-order valence-electron chi connectivity index (χ3n) is 2.59. The van der Waals surface area contributed by atoms with Crippen LogP contribution in [-0.4, -0.2) is 39.3 Å². The molecule has 0 aliphatic rings. The van der Waals surface area contributed by atoms with Gasteiger partial charge in [0.25, 0.3) is 0 Å². The third kappa shape index (κ3) is 3.60. The lowest BCUT2D eigenvalue weighted by molar-refractivity contribution is 0.122. The molecule has 0 aromatic carbocycles. The van der Waals surface area contributed by atoms with E-state index >= 15 is 0 Å². The fourth-order valence-corrected chi connectivity index (χ4v) is 1.76. The molecule has 0 saturated carbocycles. The van der Waals surface area contributed by atoms with Crippen LogP contribution in [0.15, 0.2) is 10.9 Å². The molecule has 1 aromatic heterocycles. The Kier molecular flexibility index (Phi) is 5.28.